The number of hydrogen-bond acceptors (Lipinski definition) is 2. The van der Waals surface area contributed by atoms with Crippen LogP contribution in [0.1, 0.15) is 30.6 Å². The number of aliphatic hydroxyl groups excluding tert-OH is 1. The zero-order chi connectivity index (χ0) is 13.5. The van der Waals surface area contributed by atoms with Crippen molar-refractivity contribution in [3.05, 3.63) is 34.1 Å². The van der Waals surface area contributed by atoms with Gasteiger partial charge in [-0.3, -0.25) is 4.79 Å². The maximum atomic E-state index is 13.6. The summed E-state index contributed by atoms with van der Waals surface area (Å²) in [6, 6.07) is 4.20. The van der Waals surface area contributed by atoms with E-state index in [0.29, 0.717) is 10.9 Å². The number of carbonyl (C=O) groups excluding carboxylic acids is 1. The minimum Gasteiger partial charge on any atom is -0.392 e. The predicted molar refractivity (Wildman–Crippen MR) is 69.8 cm³/mol. The largest absolute Gasteiger partial charge is 0.392 e. The zero-order valence-electron chi connectivity index (χ0n) is 10.2. The second-order valence-corrected chi connectivity index (χ2v) is 6.14. The highest BCUT2D eigenvalue weighted by Crippen LogP contribution is 2.40. The van der Waals surface area contributed by atoms with E-state index in [0.717, 1.165) is 0 Å². The summed E-state index contributed by atoms with van der Waals surface area (Å²) in [7, 11) is 0. The van der Waals surface area contributed by atoms with Crippen molar-refractivity contribution in [2.75, 3.05) is 0 Å². The van der Waals surface area contributed by atoms with E-state index >= 15 is 0 Å². The maximum Gasteiger partial charge on any atom is 0.254 e. The zero-order valence-corrected chi connectivity index (χ0v) is 11.8. The maximum absolute atomic E-state index is 13.6. The van der Waals surface area contributed by atoms with Crippen LogP contribution >= 0.6 is 15.9 Å². The molecule has 18 heavy (non-hydrogen) atoms. The Balaban J connectivity index is 2.09. The summed E-state index contributed by atoms with van der Waals surface area (Å²) in [6.45, 7) is 3.76. The molecular weight excluding hydrogens is 301 g/mol. The number of hydrogen-bond donors (Lipinski definition) is 2. The highest BCUT2D eigenvalue weighted by molar-refractivity contribution is 9.10. The summed E-state index contributed by atoms with van der Waals surface area (Å²) in [6.07, 6.45) is 0.0919. The van der Waals surface area contributed by atoms with Crippen LogP contribution < -0.4 is 5.32 Å². The van der Waals surface area contributed by atoms with Crippen molar-refractivity contribution in [3.8, 4) is 0 Å². The van der Waals surface area contributed by atoms with Gasteiger partial charge in [0.15, 0.2) is 0 Å². The van der Waals surface area contributed by atoms with Crippen molar-refractivity contribution in [2.24, 2.45) is 5.41 Å². The average Bonchev–Trinajstić information content (AvgIpc) is 2.28. The quantitative estimate of drug-likeness (QED) is 0.881. The topological polar surface area (TPSA) is 49.3 Å². The van der Waals surface area contributed by atoms with E-state index in [2.05, 4.69) is 21.2 Å². The van der Waals surface area contributed by atoms with Gasteiger partial charge in [-0.1, -0.05) is 29.8 Å². The Morgan fingerprint density at radius 1 is 1.56 bits per heavy atom. The SMILES string of the molecule is CC1(C)C(O)CC1NC(=O)c1ccc(Br)cc1F. The number of halogens is 2. The molecular formula is C13H15BrFNO2. The van der Waals surface area contributed by atoms with Gasteiger partial charge in [-0.05, 0) is 24.6 Å². The molecule has 3 nitrogen and oxygen atoms in total. The fraction of sp³-hybridized carbons (Fsp3) is 0.462. The molecule has 0 saturated heterocycles. The van der Waals surface area contributed by atoms with Crippen molar-refractivity contribution in [2.45, 2.75) is 32.4 Å². The molecule has 1 aromatic carbocycles. The predicted octanol–water partition coefficient (Wildman–Crippen LogP) is 2.48. The molecule has 0 bridgehead atoms. The molecule has 1 amide bonds. The van der Waals surface area contributed by atoms with Gasteiger partial charge in [-0.15, -0.1) is 0 Å². The van der Waals surface area contributed by atoms with Crippen LogP contribution in [0.3, 0.4) is 0 Å². The average molecular weight is 316 g/mol. The summed E-state index contributed by atoms with van der Waals surface area (Å²) in [5, 5.41) is 12.3. The number of aliphatic hydroxyl groups is 1. The Hall–Kier alpha value is -0.940. The molecule has 1 aliphatic rings. The fourth-order valence-electron chi connectivity index (χ4n) is 2.06. The van der Waals surface area contributed by atoms with Gasteiger partial charge in [-0.2, -0.15) is 0 Å². The van der Waals surface area contributed by atoms with Crippen LogP contribution in [0.2, 0.25) is 0 Å². The highest BCUT2D eigenvalue weighted by Gasteiger charge is 2.48. The Kier molecular flexibility index (Phi) is 3.47. The normalized spacial score (nSPS) is 25.4. The lowest BCUT2D eigenvalue weighted by Gasteiger charge is -2.49. The molecule has 2 atom stereocenters. The van der Waals surface area contributed by atoms with Crippen molar-refractivity contribution < 1.29 is 14.3 Å². The van der Waals surface area contributed by atoms with E-state index in [-0.39, 0.29) is 17.0 Å². The molecule has 1 saturated carbocycles. The van der Waals surface area contributed by atoms with E-state index in [4.69, 9.17) is 0 Å². The lowest BCUT2D eigenvalue weighted by atomic mass is 9.64. The third-order valence-electron chi connectivity index (χ3n) is 3.70. The van der Waals surface area contributed by atoms with Crippen LogP contribution in [-0.4, -0.2) is 23.2 Å². The Bertz CT molecular complexity index is 490. The molecule has 5 heteroatoms. The fourth-order valence-corrected chi connectivity index (χ4v) is 2.39. The number of amides is 1. The van der Waals surface area contributed by atoms with E-state index in [1.54, 1.807) is 6.07 Å². The van der Waals surface area contributed by atoms with E-state index in [1.165, 1.54) is 12.1 Å². The van der Waals surface area contributed by atoms with Gasteiger partial charge in [0.25, 0.3) is 5.91 Å². The second-order valence-electron chi connectivity index (χ2n) is 5.22. The van der Waals surface area contributed by atoms with Crippen molar-refractivity contribution in [1.29, 1.82) is 0 Å². The second kappa shape index (κ2) is 4.63. The third kappa shape index (κ3) is 2.29. The molecule has 2 rings (SSSR count). The number of nitrogens with one attached hydrogen (secondary N) is 1. The highest BCUT2D eigenvalue weighted by atomic mass is 79.9. The van der Waals surface area contributed by atoms with Gasteiger partial charge in [0.2, 0.25) is 0 Å². The first-order valence-corrected chi connectivity index (χ1v) is 6.55. The lowest BCUT2D eigenvalue weighted by molar-refractivity contribution is -0.0689. The molecule has 98 valence electrons. The van der Waals surface area contributed by atoms with Crippen molar-refractivity contribution >= 4 is 21.8 Å². The van der Waals surface area contributed by atoms with Crippen LogP contribution in [-0.2, 0) is 0 Å². The molecule has 1 aliphatic carbocycles. The van der Waals surface area contributed by atoms with Crippen molar-refractivity contribution in [3.63, 3.8) is 0 Å². The van der Waals surface area contributed by atoms with E-state index in [9.17, 15) is 14.3 Å². The Morgan fingerprint density at radius 2 is 2.22 bits per heavy atom. The first kappa shape index (κ1) is 13.5. The monoisotopic (exact) mass is 315 g/mol. The smallest absolute Gasteiger partial charge is 0.254 e. The Labute approximate surface area is 114 Å². The molecule has 0 aromatic heterocycles. The third-order valence-corrected chi connectivity index (χ3v) is 4.19. The van der Waals surface area contributed by atoms with Gasteiger partial charge >= 0.3 is 0 Å². The molecule has 2 unspecified atom stereocenters. The number of carbonyl (C=O) groups is 1. The molecule has 1 aromatic rings. The summed E-state index contributed by atoms with van der Waals surface area (Å²) in [4.78, 5) is 11.9. The first-order valence-electron chi connectivity index (χ1n) is 5.76. The standard InChI is InChI=1S/C13H15BrFNO2/c1-13(2)10(6-11(13)17)16-12(18)8-4-3-7(14)5-9(8)15/h3-5,10-11,17H,6H2,1-2H3,(H,16,18). The van der Waals surface area contributed by atoms with Gasteiger partial charge < -0.3 is 10.4 Å². The van der Waals surface area contributed by atoms with E-state index in [1.807, 2.05) is 13.8 Å². The van der Waals surface area contributed by atoms with Gasteiger partial charge in [0, 0.05) is 15.9 Å². The van der Waals surface area contributed by atoms with Crippen LogP contribution in [0.5, 0.6) is 0 Å². The van der Waals surface area contributed by atoms with Crippen LogP contribution in [0.25, 0.3) is 0 Å². The molecule has 2 N–H and O–H groups in total. The summed E-state index contributed by atoms with van der Waals surface area (Å²) in [5.74, 6) is -0.996. The molecule has 1 fully saturated rings. The van der Waals surface area contributed by atoms with Crippen LogP contribution in [0.15, 0.2) is 22.7 Å². The number of rotatable bonds is 2. The summed E-state index contributed by atoms with van der Waals surface area (Å²) in [5.41, 5.74) is -0.336. The van der Waals surface area contributed by atoms with Gasteiger partial charge in [-0.25, -0.2) is 4.39 Å². The molecule has 0 heterocycles. The molecule has 0 aliphatic heterocycles. The van der Waals surface area contributed by atoms with Crippen LogP contribution in [0.4, 0.5) is 4.39 Å². The van der Waals surface area contributed by atoms with E-state index < -0.39 is 17.8 Å². The molecule has 0 spiro atoms. The minimum absolute atomic E-state index is 0.0235. The van der Waals surface area contributed by atoms with Crippen LogP contribution in [0, 0.1) is 11.2 Å². The summed E-state index contributed by atoms with van der Waals surface area (Å²) < 4.78 is 14.2. The van der Waals surface area contributed by atoms with Gasteiger partial charge in [0.05, 0.1) is 11.7 Å². The lowest BCUT2D eigenvalue weighted by Crippen LogP contribution is -2.61. The summed E-state index contributed by atoms with van der Waals surface area (Å²) >= 11 is 3.14. The van der Waals surface area contributed by atoms with Crippen molar-refractivity contribution in [1.82, 2.24) is 5.32 Å². The molecule has 0 radical (unpaired) electrons. The first-order chi connectivity index (χ1) is 8.32. The van der Waals surface area contributed by atoms with Gasteiger partial charge in [0.1, 0.15) is 5.82 Å². The number of benzene rings is 1. The minimum atomic E-state index is -0.556. The Morgan fingerprint density at radius 3 is 2.72 bits per heavy atom.